The first-order valence-electron chi connectivity index (χ1n) is 8.41. The van der Waals surface area contributed by atoms with Crippen LogP contribution in [0.2, 0.25) is 0 Å². The van der Waals surface area contributed by atoms with E-state index in [2.05, 4.69) is 21.5 Å². The number of nitrogen functional groups attached to an aromatic ring is 1. The van der Waals surface area contributed by atoms with E-state index in [0.717, 1.165) is 22.5 Å². The van der Waals surface area contributed by atoms with Gasteiger partial charge in [-0.05, 0) is 37.6 Å². The fourth-order valence-electron chi connectivity index (χ4n) is 3.12. The van der Waals surface area contributed by atoms with Crippen LogP contribution >= 0.6 is 0 Å². The zero-order valence-electron chi connectivity index (χ0n) is 15.7. The van der Waals surface area contributed by atoms with Crippen LogP contribution in [0.1, 0.15) is 23.9 Å². The zero-order valence-corrected chi connectivity index (χ0v) is 15.7. The lowest BCUT2D eigenvalue weighted by atomic mass is 9.97. The Kier molecular flexibility index (Phi) is 4.65. The number of anilines is 2. The molecule has 3 rings (SSSR count). The largest absolute Gasteiger partial charge is 0.383 e. The highest BCUT2D eigenvalue weighted by molar-refractivity contribution is 5.89. The predicted octanol–water partition coefficient (Wildman–Crippen LogP) is 3.18. The first-order valence-corrected chi connectivity index (χ1v) is 8.41. The molecular formula is C20H20N6O. The summed E-state index contributed by atoms with van der Waals surface area (Å²) in [4.78, 5) is 15.6. The molecule has 0 bridgehead atoms. The van der Waals surface area contributed by atoms with Crippen molar-refractivity contribution in [1.82, 2.24) is 14.8 Å². The normalized spacial score (nSPS) is 10.5. The van der Waals surface area contributed by atoms with Crippen LogP contribution in [0.5, 0.6) is 0 Å². The van der Waals surface area contributed by atoms with Crippen LogP contribution in [0.3, 0.4) is 0 Å². The second-order valence-electron chi connectivity index (χ2n) is 6.36. The molecule has 0 unspecified atom stereocenters. The lowest BCUT2D eigenvalue weighted by molar-refractivity contribution is -0.114. The molecule has 1 amide bonds. The first kappa shape index (κ1) is 18.1. The Morgan fingerprint density at radius 1 is 1.26 bits per heavy atom. The number of amides is 1. The maximum Gasteiger partial charge on any atom is 0.221 e. The molecule has 7 heteroatoms. The summed E-state index contributed by atoms with van der Waals surface area (Å²) in [5.41, 5.74) is 12.0. The van der Waals surface area contributed by atoms with Gasteiger partial charge in [0.25, 0.3) is 0 Å². The number of hydrogen-bond acceptors (Lipinski definition) is 5. The van der Waals surface area contributed by atoms with Crippen LogP contribution in [0.4, 0.5) is 11.5 Å². The van der Waals surface area contributed by atoms with Gasteiger partial charge >= 0.3 is 0 Å². The monoisotopic (exact) mass is 360 g/mol. The van der Waals surface area contributed by atoms with Gasteiger partial charge in [0.2, 0.25) is 5.91 Å². The number of pyridine rings is 1. The maximum atomic E-state index is 11.2. The molecule has 0 aliphatic rings. The van der Waals surface area contributed by atoms with Crippen LogP contribution in [0.15, 0.2) is 30.3 Å². The molecule has 3 aromatic rings. The second-order valence-corrected chi connectivity index (χ2v) is 6.36. The minimum Gasteiger partial charge on any atom is -0.383 e. The highest BCUT2D eigenvalue weighted by Gasteiger charge is 2.18. The molecule has 0 aliphatic heterocycles. The molecule has 0 fully saturated rings. The lowest BCUT2D eigenvalue weighted by Crippen LogP contribution is -2.05. The van der Waals surface area contributed by atoms with Gasteiger partial charge < -0.3 is 11.1 Å². The van der Waals surface area contributed by atoms with Crippen molar-refractivity contribution in [3.8, 4) is 28.5 Å². The molecule has 3 N–H and O–H groups in total. The number of aromatic nitrogens is 3. The minimum atomic E-state index is -0.140. The third-order valence-corrected chi connectivity index (χ3v) is 4.44. The Labute approximate surface area is 157 Å². The number of aryl methyl sites for hydroxylation is 2. The lowest BCUT2D eigenvalue weighted by Gasteiger charge is -2.11. The topological polar surface area (TPSA) is 110 Å². The van der Waals surface area contributed by atoms with Gasteiger partial charge in [0.05, 0.1) is 11.4 Å². The van der Waals surface area contributed by atoms with E-state index in [0.29, 0.717) is 22.5 Å². The molecule has 136 valence electrons. The number of nitrogens with one attached hydrogen (secondary N) is 1. The van der Waals surface area contributed by atoms with E-state index >= 15 is 0 Å². The third-order valence-electron chi connectivity index (χ3n) is 4.44. The van der Waals surface area contributed by atoms with Crippen LogP contribution in [-0.4, -0.2) is 20.7 Å². The molecule has 7 nitrogen and oxygen atoms in total. The van der Waals surface area contributed by atoms with Gasteiger partial charge in [-0.2, -0.15) is 10.4 Å². The van der Waals surface area contributed by atoms with Gasteiger partial charge in [0.15, 0.2) is 0 Å². The van der Waals surface area contributed by atoms with E-state index in [-0.39, 0.29) is 11.7 Å². The Morgan fingerprint density at radius 3 is 2.44 bits per heavy atom. The summed E-state index contributed by atoms with van der Waals surface area (Å²) in [6.45, 7) is 5.34. The molecule has 2 aromatic heterocycles. The molecule has 0 aliphatic carbocycles. The smallest absolute Gasteiger partial charge is 0.221 e. The van der Waals surface area contributed by atoms with Crippen LogP contribution in [0, 0.1) is 25.2 Å². The molecular weight excluding hydrogens is 340 g/mol. The van der Waals surface area contributed by atoms with Crippen molar-refractivity contribution >= 4 is 17.4 Å². The molecule has 2 heterocycles. The van der Waals surface area contributed by atoms with Gasteiger partial charge in [-0.25, -0.2) is 4.98 Å². The van der Waals surface area contributed by atoms with E-state index in [1.165, 1.54) is 6.92 Å². The van der Waals surface area contributed by atoms with Crippen LogP contribution in [0.25, 0.3) is 22.4 Å². The molecule has 0 saturated heterocycles. The fourth-order valence-corrected chi connectivity index (χ4v) is 3.12. The van der Waals surface area contributed by atoms with E-state index in [1.807, 2.05) is 39.1 Å². The minimum absolute atomic E-state index is 0.140. The van der Waals surface area contributed by atoms with E-state index < -0.39 is 0 Å². The summed E-state index contributed by atoms with van der Waals surface area (Å²) in [6.07, 6.45) is 0. The molecule has 0 saturated carbocycles. The van der Waals surface area contributed by atoms with Crippen molar-refractivity contribution in [2.75, 3.05) is 11.1 Å². The average Bonchev–Trinajstić information content (AvgIpc) is 2.86. The highest BCUT2D eigenvalue weighted by Crippen LogP contribution is 2.33. The molecule has 27 heavy (non-hydrogen) atoms. The number of carbonyl (C=O) groups is 1. The Hall–Kier alpha value is -3.66. The third kappa shape index (κ3) is 3.37. The molecule has 1 aromatic carbocycles. The van der Waals surface area contributed by atoms with Gasteiger partial charge in [-0.15, -0.1) is 0 Å². The van der Waals surface area contributed by atoms with Gasteiger partial charge in [0.1, 0.15) is 17.5 Å². The number of nitrogens with zero attached hydrogens (tertiary/aromatic N) is 4. The molecule has 0 spiro atoms. The molecule has 0 atom stereocenters. The first-order chi connectivity index (χ1) is 12.8. The van der Waals surface area contributed by atoms with Gasteiger partial charge in [-0.3, -0.25) is 9.48 Å². The Morgan fingerprint density at radius 2 is 1.93 bits per heavy atom. The summed E-state index contributed by atoms with van der Waals surface area (Å²) < 4.78 is 1.79. The van der Waals surface area contributed by atoms with Crippen molar-refractivity contribution in [3.05, 3.63) is 47.3 Å². The van der Waals surface area contributed by atoms with Crippen LogP contribution < -0.4 is 11.1 Å². The summed E-state index contributed by atoms with van der Waals surface area (Å²) >= 11 is 0. The number of carbonyl (C=O) groups excluding carboxylic acids is 1. The number of benzene rings is 1. The Bertz CT molecular complexity index is 1070. The second kappa shape index (κ2) is 6.92. The van der Waals surface area contributed by atoms with Crippen LogP contribution in [-0.2, 0) is 11.8 Å². The highest BCUT2D eigenvalue weighted by atomic mass is 16.1. The number of nitrogens with two attached hydrogens (primary N) is 1. The average molecular weight is 360 g/mol. The van der Waals surface area contributed by atoms with Crippen molar-refractivity contribution in [1.29, 1.82) is 5.26 Å². The van der Waals surface area contributed by atoms with E-state index in [4.69, 9.17) is 5.73 Å². The SMILES string of the molecule is CC(=O)Nc1ccc(-c2cc(-c3c(C)nn(C)c3C)nc(N)c2C#N)cc1. The maximum absolute atomic E-state index is 11.2. The predicted molar refractivity (Wildman–Crippen MR) is 105 cm³/mol. The summed E-state index contributed by atoms with van der Waals surface area (Å²) in [5.74, 6) is 0.0389. The summed E-state index contributed by atoms with van der Waals surface area (Å²) in [6, 6.07) is 11.3. The number of hydrogen-bond donors (Lipinski definition) is 2. The van der Waals surface area contributed by atoms with E-state index in [9.17, 15) is 10.1 Å². The van der Waals surface area contributed by atoms with Crippen molar-refractivity contribution < 1.29 is 4.79 Å². The summed E-state index contributed by atoms with van der Waals surface area (Å²) in [5, 5.41) is 16.7. The van der Waals surface area contributed by atoms with Gasteiger partial charge in [-0.1, -0.05) is 12.1 Å². The Balaban J connectivity index is 2.16. The number of rotatable bonds is 3. The van der Waals surface area contributed by atoms with Crippen molar-refractivity contribution in [2.45, 2.75) is 20.8 Å². The fraction of sp³-hybridized carbons (Fsp3) is 0.200. The quantitative estimate of drug-likeness (QED) is 0.745. The summed E-state index contributed by atoms with van der Waals surface area (Å²) in [7, 11) is 1.88. The van der Waals surface area contributed by atoms with Crippen molar-refractivity contribution in [2.24, 2.45) is 7.05 Å². The standard InChI is InChI=1S/C20H20N6O/c1-11-19(12(2)26(4)25-11)18-9-16(17(10-21)20(22)24-18)14-5-7-15(8-6-14)23-13(3)27/h5-9H,1-4H3,(H2,22,24)(H,23,27). The number of nitriles is 1. The van der Waals surface area contributed by atoms with Gasteiger partial charge in [0, 0.05) is 36.5 Å². The van der Waals surface area contributed by atoms with Crippen molar-refractivity contribution in [3.63, 3.8) is 0 Å². The molecule has 0 radical (unpaired) electrons. The van der Waals surface area contributed by atoms with E-state index in [1.54, 1.807) is 16.8 Å². The zero-order chi connectivity index (χ0) is 19.7.